The average Bonchev–Trinajstić information content (AvgIpc) is 3.21. The molecule has 11 heteroatoms. The fourth-order valence-corrected chi connectivity index (χ4v) is 3.74. The number of aryl methyl sites for hydroxylation is 1. The molecule has 0 bridgehead atoms. The van der Waals surface area contributed by atoms with Crippen molar-refractivity contribution >= 4 is 50.9 Å². The average molecular weight is 455 g/mol. The summed E-state index contributed by atoms with van der Waals surface area (Å²) in [5.74, 6) is 1.34. The van der Waals surface area contributed by atoms with E-state index in [1.165, 1.54) is 0 Å². The van der Waals surface area contributed by atoms with Crippen molar-refractivity contribution in [1.82, 2.24) is 25.0 Å². The number of carbonyl (C=O) groups is 1. The Balaban J connectivity index is 1.73. The number of pyridine rings is 1. The Bertz CT molecular complexity index is 1290. The van der Waals surface area contributed by atoms with Crippen LogP contribution in [0.2, 0.25) is 5.02 Å². The van der Waals surface area contributed by atoms with E-state index in [0.29, 0.717) is 42.0 Å². The van der Waals surface area contributed by atoms with Crippen LogP contribution in [-0.4, -0.2) is 44.5 Å². The summed E-state index contributed by atoms with van der Waals surface area (Å²) in [5, 5.41) is 22.6. The summed E-state index contributed by atoms with van der Waals surface area (Å²) in [7, 11) is 1.58. The highest BCUT2D eigenvalue weighted by atomic mass is 35.5. The van der Waals surface area contributed by atoms with Crippen LogP contribution in [0, 0.1) is 0 Å². The fraction of sp³-hybridized carbons (Fsp3) is 0.286. The van der Waals surface area contributed by atoms with E-state index in [1.54, 1.807) is 19.5 Å². The van der Waals surface area contributed by atoms with Crippen molar-refractivity contribution in [3.05, 3.63) is 41.2 Å². The first-order chi connectivity index (χ1) is 15.5. The van der Waals surface area contributed by atoms with Crippen molar-refractivity contribution < 1.29 is 9.53 Å². The van der Waals surface area contributed by atoms with Gasteiger partial charge in [-0.05, 0) is 24.6 Å². The van der Waals surface area contributed by atoms with Crippen LogP contribution in [0.25, 0.3) is 21.8 Å². The maximum Gasteiger partial charge on any atom is 0.219 e. The Morgan fingerprint density at radius 2 is 2.00 bits per heavy atom. The van der Waals surface area contributed by atoms with Crippen LogP contribution in [-0.2, 0) is 17.9 Å². The molecular weight excluding hydrogens is 432 g/mol. The molecule has 0 aliphatic carbocycles. The lowest BCUT2D eigenvalue weighted by Crippen LogP contribution is -2.16. The number of amides is 1. The summed E-state index contributed by atoms with van der Waals surface area (Å²) in [6.45, 7) is 3.53. The standard InChI is InChI=1S/C21H23ClN8O2/c1-3-30-21-14(11-27-30)18-13(10-26-21)19(24-7-6-17(23)31)28-29-20(18)25-9-12-4-5-16(32-2)15(22)8-12/h4-5,8,10-11H,3,6-7,9H2,1-2H3,(H2,23,31)(H,24,28)(H,25,29). The number of ether oxygens (including phenoxy) is 1. The number of fused-ring (bicyclic) bond motifs is 3. The third-order valence-electron chi connectivity index (χ3n) is 5.05. The van der Waals surface area contributed by atoms with Crippen LogP contribution in [0.4, 0.5) is 11.6 Å². The Morgan fingerprint density at radius 3 is 2.72 bits per heavy atom. The number of nitrogens with one attached hydrogen (secondary N) is 2. The van der Waals surface area contributed by atoms with E-state index in [9.17, 15) is 4.79 Å². The number of anilines is 2. The van der Waals surface area contributed by atoms with Gasteiger partial charge < -0.3 is 21.1 Å². The summed E-state index contributed by atoms with van der Waals surface area (Å²) in [6.07, 6.45) is 3.70. The molecule has 10 nitrogen and oxygen atoms in total. The molecule has 4 rings (SSSR count). The number of hydrogen-bond acceptors (Lipinski definition) is 8. The van der Waals surface area contributed by atoms with Gasteiger partial charge in [0, 0.05) is 43.0 Å². The predicted octanol–water partition coefficient (Wildman–Crippen LogP) is 2.96. The van der Waals surface area contributed by atoms with Crippen molar-refractivity contribution in [2.24, 2.45) is 5.73 Å². The third-order valence-corrected chi connectivity index (χ3v) is 5.34. The van der Waals surface area contributed by atoms with E-state index >= 15 is 0 Å². The third kappa shape index (κ3) is 4.22. The molecule has 3 heterocycles. The quantitative estimate of drug-likeness (QED) is 0.351. The highest BCUT2D eigenvalue weighted by Crippen LogP contribution is 2.32. The second-order valence-electron chi connectivity index (χ2n) is 7.11. The van der Waals surface area contributed by atoms with Gasteiger partial charge in [0.15, 0.2) is 17.3 Å². The molecule has 0 saturated heterocycles. The molecule has 3 aromatic heterocycles. The molecule has 166 valence electrons. The van der Waals surface area contributed by atoms with E-state index in [1.807, 2.05) is 29.8 Å². The van der Waals surface area contributed by atoms with Gasteiger partial charge in [-0.2, -0.15) is 5.10 Å². The SMILES string of the molecule is CCn1ncc2c3c(NCc4ccc(OC)c(Cl)c4)nnc(NCCC(N)=O)c3cnc21. The van der Waals surface area contributed by atoms with Crippen molar-refractivity contribution in [1.29, 1.82) is 0 Å². The van der Waals surface area contributed by atoms with Gasteiger partial charge in [-0.1, -0.05) is 17.7 Å². The molecule has 4 N–H and O–H groups in total. The number of halogens is 1. The Kier molecular flexibility index (Phi) is 6.22. The highest BCUT2D eigenvalue weighted by Gasteiger charge is 2.16. The number of aromatic nitrogens is 5. The Labute approximate surface area is 189 Å². The van der Waals surface area contributed by atoms with Crippen molar-refractivity contribution in [3.8, 4) is 5.75 Å². The second-order valence-corrected chi connectivity index (χ2v) is 7.51. The Morgan fingerprint density at radius 1 is 1.19 bits per heavy atom. The smallest absolute Gasteiger partial charge is 0.219 e. The number of rotatable bonds is 9. The first-order valence-corrected chi connectivity index (χ1v) is 10.5. The largest absolute Gasteiger partial charge is 0.495 e. The summed E-state index contributed by atoms with van der Waals surface area (Å²) in [4.78, 5) is 15.7. The van der Waals surface area contributed by atoms with Gasteiger partial charge in [-0.15, -0.1) is 10.2 Å². The topological polar surface area (TPSA) is 133 Å². The van der Waals surface area contributed by atoms with Gasteiger partial charge in [-0.25, -0.2) is 9.67 Å². The molecule has 32 heavy (non-hydrogen) atoms. The van der Waals surface area contributed by atoms with Gasteiger partial charge in [0.1, 0.15) is 5.75 Å². The van der Waals surface area contributed by atoms with Crippen LogP contribution in [0.3, 0.4) is 0 Å². The Hall–Kier alpha value is -3.66. The van der Waals surface area contributed by atoms with E-state index in [-0.39, 0.29) is 6.42 Å². The lowest BCUT2D eigenvalue weighted by atomic mass is 10.1. The molecule has 0 atom stereocenters. The minimum Gasteiger partial charge on any atom is -0.495 e. The van der Waals surface area contributed by atoms with Crippen LogP contribution in [0.15, 0.2) is 30.6 Å². The van der Waals surface area contributed by atoms with E-state index in [4.69, 9.17) is 22.1 Å². The fourth-order valence-electron chi connectivity index (χ4n) is 3.46. The number of hydrogen-bond donors (Lipinski definition) is 3. The van der Waals surface area contributed by atoms with E-state index in [0.717, 1.165) is 27.4 Å². The molecule has 4 aromatic rings. The monoisotopic (exact) mass is 454 g/mol. The van der Waals surface area contributed by atoms with Crippen LogP contribution in [0.1, 0.15) is 18.9 Å². The van der Waals surface area contributed by atoms with Crippen LogP contribution >= 0.6 is 11.6 Å². The van der Waals surface area contributed by atoms with Crippen molar-refractivity contribution in [3.63, 3.8) is 0 Å². The number of methoxy groups -OCH3 is 1. The normalized spacial score (nSPS) is 11.1. The van der Waals surface area contributed by atoms with E-state index < -0.39 is 5.91 Å². The number of nitrogens with zero attached hydrogens (tertiary/aromatic N) is 5. The predicted molar refractivity (Wildman–Crippen MR) is 124 cm³/mol. The highest BCUT2D eigenvalue weighted by molar-refractivity contribution is 6.32. The molecule has 0 unspecified atom stereocenters. The number of carbonyl (C=O) groups excluding carboxylic acids is 1. The molecule has 0 saturated carbocycles. The minimum absolute atomic E-state index is 0.185. The molecule has 0 fully saturated rings. The zero-order valence-electron chi connectivity index (χ0n) is 17.7. The summed E-state index contributed by atoms with van der Waals surface area (Å²) >= 11 is 6.25. The van der Waals surface area contributed by atoms with Gasteiger partial charge in [0.2, 0.25) is 5.91 Å². The first kappa shape index (κ1) is 21.6. The zero-order valence-corrected chi connectivity index (χ0v) is 18.5. The minimum atomic E-state index is -0.393. The van der Waals surface area contributed by atoms with Crippen LogP contribution in [0.5, 0.6) is 5.75 Å². The maximum atomic E-state index is 11.1. The zero-order chi connectivity index (χ0) is 22.7. The molecule has 1 aromatic carbocycles. The van der Waals surface area contributed by atoms with Crippen LogP contribution < -0.4 is 21.1 Å². The van der Waals surface area contributed by atoms with Gasteiger partial charge in [-0.3, -0.25) is 4.79 Å². The summed E-state index contributed by atoms with van der Waals surface area (Å²) in [5.41, 5.74) is 6.96. The molecular formula is C21H23ClN8O2. The number of primary amides is 1. The van der Waals surface area contributed by atoms with Crippen molar-refractivity contribution in [2.45, 2.75) is 26.4 Å². The van der Waals surface area contributed by atoms with Gasteiger partial charge >= 0.3 is 0 Å². The summed E-state index contributed by atoms with van der Waals surface area (Å²) in [6, 6.07) is 5.59. The first-order valence-electron chi connectivity index (χ1n) is 10.1. The molecule has 0 spiro atoms. The van der Waals surface area contributed by atoms with Gasteiger partial charge in [0.05, 0.1) is 23.7 Å². The summed E-state index contributed by atoms with van der Waals surface area (Å²) < 4.78 is 7.04. The second kappa shape index (κ2) is 9.23. The molecule has 0 radical (unpaired) electrons. The van der Waals surface area contributed by atoms with Gasteiger partial charge in [0.25, 0.3) is 0 Å². The number of benzene rings is 1. The molecule has 0 aliphatic heterocycles. The van der Waals surface area contributed by atoms with E-state index in [2.05, 4.69) is 30.9 Å². The lowest BCUT2D eigenvalue weighted by molar-refractivity contribution is -0.117. The number of nitrogens with two attached hydrogens (primary N) is 1. The lowest BCUT2D eigenvalue weighted by Gasteiger charge is -2.13. The molecule has 0 aliphatic rings. The maximum absolute atomic E-state index is 11.1. The molecule has 1 amide bonds. The van der Waals surface area contributed by atoms with Crippen molar-refractivity contribution in [2.75, 3.05) is 24.3 Å².